The standard InChI is InChI=1S/C11H16N2O3/c1-13-8-9(7-12-13)11(14)16-6-4-10-3-2-5-15-10/h7-8,10H,2-6H2,1H3. The summed E-state index contributed by atoms with van der Waals surface area (Å²) in [7, 11) is 1.77. The number of esters is 1. The Morgan fingerprint density at radius 2 is 2.62 bits per heavy atom. The van der Waals surface area contributed by atoms with Gasteiger partial charge in [-0.25, -0.2) is 4.79 Å². The van der Waals surface area contributed by atoms with Crippen molar-refractivity contribution in [2.45, 2.75) is 25.4 Å². The van der Waals surface area contributed by atoms with Crippen LogP contribution in [0, 0.1) is 0 Å². The van der Waals surface area contributed by atoms with Crippen LogP contribution in [0.15, 0.2) is 12.4 Å². The van der Waals surface area contributed by atoms with Crippen molar-refractivity contribution in [2.24, 2.45) is 7.05 Å². The van der Waals surface area contributed by atoms with E-state index in [9.17, 15) is 4.79 Å². The highest BCUT2D eigenvalue weighted by Crippen LogP contribution is 2.15. The van der Waals surface area contributed by atoms with Crippen LogP contribution in [0.3, 0.4) is 0 Å². The molecule has 1 aliphatic heterocycles. The van der Waals surface area contributed by atoms with Crippen LogP contribution in [0.2, 0.25) is 0 Å². The molecule has 1 atom stereocenters. The maximum atomic E-state index is 11.5. The average molecular weight is 224 g/mol. The maximum Gasteiger partial charge on any atom is 0.341 e. The third-order valence-electron chi connectivity index (χ3n) is 2.64. The molecule has 0 amide bonds. The number of carbonyl (C=O) groups is 1. The second kappa shape index (κ2) is 5.12. The summed E-state index contributed by atoms with van der Waals surface area (Å²) in [4.78, 5) is 11.5. The van der Waals surface area contributed by atoms with Crippen LogP contribution < -0.4 is 0 Å². The lowest BCUT2D eigenvalue weighted by Crippen LogP contribution is -2.12. The Morgan fingerprint density at radius 3 is 3.25 bits per heavy atom. The predicted octanol–water partition coefficient (Wildman–Crippen LogP) is 1.15. The molecule has 5 nitrogen and oxygen atoms in total. The fourth-order valence-corrected chi connectivity index (χ4v) is 1.77. The van der Waals surface area contributed by atoms with E-state index < -0.39 is 0 Å². The van der Waals surface area contributed by atoms with Gasteiger partial charge in [0, 0.05) is 26.3 Å². The minimum absolute atomic E-state index is 0.265. The van der Waals surface area contributed by atoms with E-state index in [-0.39, 0.29) is 12.1 Å². The van der Waals surface area contributed by atoms with Crippen molar-refractivity contribution < 1.29 is 14.3 Å². The van der Waals surface area contributed by atoms with Gasteiger partial charge in [-0.05, 0) is 12.8 Å². The summed E-state index contributed by atoms with van der Waals surface area (Å²) in [6.07, 6.45) is 6.39. The van der Waals surface area contributed by atoms with Crippen molar-refractivity contribution in [1.29, 1.82) is 0 Å². The first-order valence-electron chi connectivity index (χ1n) is 5.53. The molecule has 0 N–H and O–H groups in total. The molecule has 0 aromatic carbocycles. The van der Waals surface area contributed by atoms with Gasteiger partial charge < -0.3 is 9.47 Å². The van der Waals surface area contributed by atoms with Gasteiger partial charge in [-0.15, -0.1) is 0 Å². The van der Waals surface area contributed by atoms with Gasteiger partial charge in [0.1, 0.15) is 0 Å². The Labute approximate surface area is 94.3 Å². The first-order chi connectivity index (χ1) is 7.75. The molecular weight excluding hydrogens is 208 g/mol. The number of hydrogen-bond donors (Lipinski definition) is 0. The SMILES string of the molecule is Cn1cc(C(=O)OCCC2CCCO2)cn1. The normalized spacial score (nSPS) is 19.9. The smallest absolute Gasteiger partial charge is 0.341 e. The fraction of sp³-hybridized carbons (Fsp3) is 0.636. The molecule has 16 heavy (non-hydrogen) atoms. The van der Waals surface area contributed by atoms with Gasteiger partial charge in [-0.1, -0.05) is 0 Å². The monoisotopic (exact) mass is 224 g/mol. The van der Waals surface area contributed by atoms with Gasteiger partial charge in [0.15, 0.2) is 0 Å². The fourth-order valence-electron chi connectivity index (χ4n) is 1.77. The summed E-state index contributed by atoms with van der Waals surface area (Å²) in [6, 6.07) is 0. The number of hydrogen-bond acceptors (Lipinski definition) is 4. The molecule has 1 aromatic rings. The van der Waals surface area contributed by atoms with Crippen molar-refractivity contribution in [1.82, 2.24) is 9.78 Å². The lowest BCUT2D eigenvalue weighted by atomic mass is 10.2. The van der Waals surface area contributed by atoms with E-state index in [1.165, 1.54) is 6.20 Å². The summed E-state index contributed by atoms with van der Waals surface area (Å²) in [5, 5.41) is 3.91. The number of rotatable bonds is 4. The van der Waals surface area contributed by atoms with Crippen LogP contribution in [0.4, 0.5) is 0 Å². The lowest BCUT2D eigenvalue weighted by Gasteiger charge is -2.08. The largest absolute Gasteiger partial charge is 0.462 e. The van der Waals surface area contributed by atoms with E-state index in [4.69, 9.17) is 9.47 Å². The quantitative estimate of drug-likeness (QED) is 0.720. The van der Waals surface area contributed by atoms with E-state index in [1.807, 2.05) is 0 Å². The third kappa shape index (κ3) is 2.82. The molecule has 5 heteroatoms. The van der Waals surface area contributed by atoms with Gasteiger partial charge in [0.05, 0.1) is 24.5 Å². The van der Waals surface area contributed by atoms with Gasteiger partial charge in [-0.3, -0.25) is 4.68 Å². The number of ether oxygens (including phenoxy) is 2. The molecule has 0 bridgehead atoms. The molecule has 0 radical (unpaired) electrons. The predicted molar refractivity (Wildman–Crippen MR) is 57.1 cm³/mol. The summed E-state index contributed by atoms with van der Waals surface area (Å²) in [5.41, 5.74) is 0.495. The lowest BCUT2D eigenvalue weighted by molar-refractivity contribution is 0.0386. The third-order valence-corrected chi connectivity index (χ3v) is 2.64. The van der Waals surface area contributed by atoms with Gasteiger partial charge in [-0.2, -0.15) is 5.10 Å². The van der Waals surface area contributed by atoms with Crippen LogP contribution in [0.1, 0.15) is 29.6 Å². The van der Waals surface area contributed by atoms with E-state index in [0.717, 1.165) is 25.9 Å². The molecular formula is C11H16N2O3. The zero-order valence-electron chi connectivity index (χ0n) is 9.39. The zero-order chi connectivity index (χ0) is 11.4. The molecule has 1 saturated heterocycles. The van der Waals surface area contributed by atoms with Crippen LogP contribution in [0.5, 0.6) is 0 Å². The Balaban J connectivity index is 1.71. The van der Waals surface area contributed by atoms with Crippen LogP contribution in [0.25, 0.3) is 0 Å². The highest BCUT2D eigenvalue weighted by Gasteiger charge is 2.16. The molecule has 1 fully saturated rings. The zero-order valence-corrected chi connectivity index (χ0v) is 9.39. The minimum atomic E-state index is -0.314. The summed E-state index contributed by atoms with van der Waals surface area (Å²) in [5.74, 6) is -0.314. The number of aromatic nitrogens is 2. The highest BCUT2D eigenvalue weighted by molar-refractivity contribution is 5.88. The van der Waals surface area contributed by atoms with Crippen molar-refractivity contribution in [3.8, 4) is 0 Å². The Hall–Kier alpha value is -1.36. The van der Waals surface area contributed by atoms with E-state index in [0.29, 0.717) is 12.2 Å². The second-order valence-corrected chi connectivity index (χ2v) is 3.96. The maximum absolute atomic E-state index is 11.5. The molecule has 0 spiro atoms. The van der Waals surface area contributed by atoms with Crippen molar-refractivity contribution in [3.05, 3.63) is 18.0 Å². The Morgan fingerprint density at radius 1 is 1.75 bits per heavy atom. The molecule has 2 rings (SSSR count). The van der Waals surface area contributed by atoms with Gasteiger partial charge in [0.2, 0.25) is 0 Å². The Bertz CT molecular complexity index is 356. The van der Waals surface area contributed by atoms with Crippen molar-refractivity contribution >= 4 is 5.97 Å². The van der Waals surface area contributed by atoms with Crippen molar-refractivity contribution in [3.63, 3.8) is 0 Å². The van der Waals surface area contributed by atoms with Gasteiger partial charge in [0.25, 0.3) is 0 Å². The summed E-state index contributed by atoms with van der Waals surface area (Å²) in [6.45, 7) is 1.25. The molecule has 1 aliphatic rings. The summed E-state index contributed by atoms with van der Waals surface area (Å²) < 4.78 is 12.1. The molecule has 88 valence electrons. The Kier molecular flexibility index (Phi) is 3.56. The second-order valence-electron chi connectivity index (χ2n) is 3.96. The van der Waals surface area contributed by atoms with E-state index in [1.54, 1.807) is 17.9 Å². The molecule has 0 aliphatic carbocycles. The van der Waals surface area contributed by atoms with Gasteiger partial charge >= 0.3 is 5.97 Å². The molecule has 1 aromatic heterocycles. The first kappa shape index (κ1) is 11.1. The average Bonchev–Trinajstić information content (AvgIpc) is 2.89. The molecule has 2 heterocycles. The molecule has 1 unspecified atom stereocenters. The van der Waals surface area contributed by atoms with Crippen LogP contribution >= 0.6 is 0 Å². The van der Waals surface area contributed by atoms with Crippen LogP contribution in [-0.4, -0.2) is 35.1 Å². The number of carbonyl (C=O) groups excluding carboxylic acids is 1. The minimum Gasteiger partial charge on any atom is -0.462 e. The van der Waals surface area contributed by atoms with E-state index in [2.05, 4.69) is 5.10 Å². The van der Waals surface area contributed by atoms with E-state index >= 15 is 0 Å². The van der Waals surface area contributed by atoms with Crippen molar-refractivity contribution in [2.75, 3.05) is 13.2 Å². The first-order valence-corrected chi connectivity index (χ1v) is 5.53. The highest BCUT2D eigenvalue weighted by atomic mass is 16.5. The summed E-state index contributed by atoms with van der Waals surface area (Å²) >= 11 is 0. The number of nitrogens with zero attached hydrogens (tertiary/aromatic N) is 2. The topological polar surface area (TPSA) is 53.4 Å². The molecule has 0 saturated carbocycles. The van der Waals surface area contributed by atoms with Crippen LogP contribution in [-0.2, 0) is 16.5 Å². The number of aryl methyl sites for hydroxylation is 1.